The van der Waals surface area contributed by atoms with Crippen LogP contribution in [0.3, 0.4) is 0 Å². The van der Waals surface area contributed by atoms with Crippen LogP contribution in [0.25, 0.3) is 0 Å². The molecule has 1 aromatic carbocycles. The van der Waals surface area contributed by atoms with Crippen molar-refractivity contribution in [3.05, 3.63) is 36.0 Å². The van der Waals surface area contributed by atoms with Gasteiger partial charge in [0.2, 0.25) is 25.9 Å². The lowest BCUT2D eigenvalue weighted by atomic mass is 9.68. The van der Waals surface area contributed by atoms with Crippen molar-refractivity contribution in [3.8, 4) is 0 Å². The SMILES string of the molecule is CC(C)(C)C1CCC2(C=C(OC(=O)Nc3cc(N(S(C)(=O)=O)S(C)(=O)=O)ccc3F)NO2)CC1. The Morgan fingerprint density at radius 3 is 2.29 bits per heavy atom. The molecule has 1 saturated carbocycles. The molecule has 1 fully saturated rings. The first-order valence-electron chi connectivity index (χ1n) is 10.7. The number of amides is 1. The second-order valence-electron chi connectivity index (χ2n) is 9.82. The number of nitrogens with one attached hydrogen (secondary N) is 2. The van der Waals surface area contributed by atoms with Gasteiger partial charge in [-0.3, -0.25) is 10.2 Å². The molecule has 0 radical (unpaired) electrons. The minimum atomic E-state index is -4.24. The molecule has 0 bridgehead atoms. The van der Waals surface area contributed by atoms with Crippen LogP contribution in [0.5, 0.6) is 0 Å². The second kappa shape index (κ2) is 9.00. The van der Waals surface area contributed by atoms with E-state index < -0.39 is 43.2 Å². The average Bonchev–Trinajstić information content (AvgIpc) is 3.03. The summed E-state index contributed by atoms with van der Waals surface area (Å²) in [7, 11) is -8.48. The molecule has 0 unspecified atom stereocenters. The molecule has 1 aliphatic carbocycles. The molecule has 190 valence electrons. The standard InChI is InChI=1S/C21H30FN3O7S2/c1-20(2,3)14-8-10-21(11-9-14)13-18(24-32-21)31-19(26)23-17-12-15(6-7-16(17)22)25(33(4,27)28)34(5,29)30/h6-7,12-14,24H,8-11H2,1-5H3,(H,23,26). The molecule has 3 rings (SSSR count). The van der Waals surface area contributed by atoms with Gasteiger partial charge in [-0.25, -0.2) is 31.5 Å². The van der Waals surface area contributed by atoms with E-state index in [1.54, 1.807) is 6.08 Å². The highest BCUT2D eigenvalue weighted by molar-refractivity contribution is 8.09. The van der Waals surface area contributed by atoms with Crippen molar-refractivity contribution >= 4 is 37.5 Å². The van der Waals surface area contributed by atoms with Crippen LogP contribution in [0, 0.1) is 17.2 Å². The first kappa shape index (κ1) is 26.2. The minimum Gasteiger partial charge on any atom is -0.391 e. The molecule has 1 aliphatic heterocycles. The first-order valence-corrected chi connectivity index (χ1v) is 14.4. The van der Waals surface area contributed by atoms with Gasteiger partial charge in [-0.1, -0.05) is 20.8 Å². The van der Waals surface area contributed by atoms with Gasteiger partial charge in [0.1, 0.15) is 11.4 Å². The molecule has 1 spiro atoms. The highest BCUT2D eigenvalue weighted by atomic mass is 32.3. The predicted octanol–water partition coefficient (Wildman–Crippen LogP) is 3.45. The van der Waals surface area contributed by atoms with Crippen molar-refractivity contribution in [1.29, 1.82) is 0 Å². The molecule has 10 nitrogen and oxygen atoms in total. The molecule has 1 aromatic rings. The maximum atomic E-state index is 14.3. The highest BCUT2D eigenvalue weighted by Crippen LogP contribution is 2.44. The van der Waals surface area contributed by atoms with Crippen LogP contribution >= 0.6 is 0 Å². The lowest BCUT2D eigenvalue weighted by molar-refractivity contribution is -0.0822. The summed E-state index contributed by atoms with van der Waals surface area (Å²) in [5, 5.41) is 2.16. The number of anilines is 2. The van der Waals surface area contributed by atoms with E-state index in [-0.39, 0.29) is 20.7 Å². The van der Waals surface area contributed by atoms with Crippen molar-refractivity contribution in [3.63, 3.8) is 0 Å². The van der Waals surface area contributed by atoms with Gasteiger partial charge in [0, 0.05) is 6.08 Å². The Kier molecular flexibility index (Phi) is 6.95. The minimum absolute atomic E-state index is 0.0529. The van der Waals surface area contributed by atoms with Gasteiger partial charge in [-0.2, -0.15) is 3.71 Å². The first-order chi connectivity index (χ1) is 15.5. The van der Waals surface area contributed by atoms with Gasteiger partial charge in [0.25, 0.3) is 0 Å². The zero-order chi connectivity index (χ0) is 25.5. The third-order valence-corrected chi connectivity index (χ3v) is 9.26. The van der Waals surface area contributed by atoms with Gasteiger partial charge < -0.3 is 4.74 Å². The summed E-state index contributed by atoms with van der Waals surface area (Å²) in [5.74, 6) is -0.307. The summed E-state index contributed by atoms with van der Waals surface area (Å²) in [6.45, 7) is 6.62. The van der Waals surface area contributed by atoms with Crippen molar-refractivity contribution in [1.82, 2.24) is 5.48 Å². The van der Waals surface area contributed by atoms with Gasteiger partial charge in [-0.05, 0) is 55.2 Å². The Morgan fingerprint density at radius 2 is 1.76 bits per heavy atom. The van der Waals surface area contributed by atoms with Crippen LogP contribution in [-0.4, -0.2) is 41.0 Å². The molecule has 1 heterocycles. The number of halogens is 1. The maximum absolute atomic E-state index is 14.3. The van der Waals surface area contributed by atoms with Crippen LogP contribution in [0.2, 0.25) is 0 Å². The molecule has 0 atom stereocenters. The summed E-state index contributed by atoms with van der Waals surface area (Å²) < 4.78 is 67.4. The van der Waals surface area contributed by atoms with E-state index in [2.05, 4.69) is 31.6 Å². The third kappa shape index (κ3) is 5.99. The molecule has 1 amide bonds. The molecule has 13 heteroatoms. The van der Waals surface area contributed by atoms with E-state index >= 15 is 0 Å². The zero-order valence-electron chi connectivity index (χ0n) is 19.7. The molecule has 2 aliphatic rings. The van der Waals surface area contributed by atoms with Gasteiger partial charge in [-0.15, -0.1) is 0 Å². The number of hydrogen-bond donors (Lipinski definition) is 2. The van der Waals surface area contributed by atoms with Crippen LogP contribution in [0.4, 0.5) is 20.6 Å². The number of hydrogen-bond acceptors (Lipinski definition) is 8. The number of carbonyl (C=O) groups excluding carboxylic acids is 1. The number of benzene rings is 1. The lowest BCUT2D eigenvalue weighted by Gasteiger charge is -2.40. The maximum Gasteiger partial charge on any atom is 0.418 e. The molecule has 34 heavy (non-hydrogen) atoms. The van der Waals surface area contributed by atoms with Crippen LogP contribution in [0.15, 0.2) is 30.2 Å². The molecule has 0 aromatic heterocycles. The summed E-state index contributed by atoms with van der Waals surface area (Å²) in [5.41, 5.74) is 1.37. The van der Waals surface area contributed by atoms with Gasteiger partial charge >= 0.3 is 6.09 Å². The lowest BCUT2D eigenvalue weighted by Crippen LogP contribution is -2.37. The Morgan fingerprint density at radius 1 is 1.18 bits per heavy atom. The number of nitrogens with zero attached hydrogens (tertiary/aromatic N) is 1. The fourth-order valence-corrected chi connectivity index (χ4v) is 7.27. The van der Waals surface area contributed by atoms with Crippen LogP contribution in [-0.2, 0) is 29.6 Å². The van der Waals surface area contributed by atoms with Gasteiger partial charge in [0.05, 0.1) is 23.9 Å². The molecular weight excluding hydrogens is 489 g/mol. The Hall–Kier alpha value is -2.38. The fourth-order valence-electron chi connectivity index (χ4n) is 4.31. The normalized spacial score (nSPS) is 23.2. The Labute approximate surface area is 199 Å². The number of carbonyl (C=O) groups is 1. The van der Waals surface area contributed by atoms with E-state index in [4.69, 9.17) is 9.57 Å². The molecule has 0 saturated heterocycles. The number of rotatable bonds is 5. The van der Waals surface area contributed by atoms with Crippen molar-refractivity contribution < 1.29 is 35.6 Å². The third-order valence-electron chi connectivity index (χ3n) is 6.01. The van der Waals surface area contributed by atoms with Crippen molar-refractivity contribution in [2.45, 2.75) is 52.1 Å². The van der Waals surface area contributed by atoms with E-state index in [0.717, 1.165) is 43.9 Å². The number of hydroxylamine groups is 1. The van der Waals surface area contributed by atoms with E-state index in [0.29, 0.717) is 18.4 Å². The quantitative estimate of drug-likeness (QED) is 0.605. The molecule has 2 N–H and O–H groups in total. The summed E-state index contributed by atoms with van der Waals surface area (Å²) in [6.07, 6.45) is 5.42. The fraction of sp³-hybridized carbons (Fsp3) is 0.571. The Balaban J connectivity index is 1.71. The second-order valence-corrected chi connectivity index (χ2v) is 13.7. The van der Waals surface area contributed by atoms with Crippen molar-refractivity contribution in [2.24, 2.45) is 11.3 Å². The summed E-state index contributed by atoms with van der Waals surface area (Å²) in [6, 6.07) is 2.70. The van der Waals surface area contributed by atoms with E-state index in [1.807, 2.05) is 0 Å². The van der Waals surface area contributed by atoms with E-state index in [9.17, 15) is 26.0 Å². The summed E-state index contributed by atoms with van der Waals surface area (Å²) >= 11 is 0. The smallest absolute Gasteiger partial charge is 0.391 e. The Bertz CT molecular complexity index is 1170. The van der Waals surface area contributed by atoms with Crippen molar-refractivity contribution in [2.75, 3.05) is 21.5 Å². The van der Waals surface area contributed by atoms with Crippen LogP contribution < -0.4 is 14.5 Å². The predicted molar refractivity (Wildman–Crippen MR) is 125 cm³/mol. The largest absolute Gasteiger partial charge is 0.418 e. The topological polar surface area (TPSA) is 131 Å². The number of ether oxygens (including phenoxy) is 1. The zero-order valence-corrected chi connectivity index (χ0v) is 21.3. The summed E-state index contributed by atoms with van der Waals surface area (Å²) in [4.78, 5) is 18.1. The van der Waals surface area contributed by atoms with Crippen LogP contribution in [0.1, 0.15) is 46.5 Å². The van der Waals surface area contributed by atoms with E-state index in [1.165, 1.54) is 0 Å². The molecular formula is C21H30FN3O7S2. The van der Waals surface area contributed by atoms with Gasteiger partial charge in [0.15, 0.2) is 0 Å². The average molecular weight is 520 g/mol. The highest BCUT2D eigenvalue weighted by Gasteiger charge is 2.42. The number of sulfonamides is 2. The monoisotopic (exact) mass is 519 g/mol.